The largest absolute Gasteiger partial charge is 0.490 e. The van der Waals surface area contributed by atoms with Gasteiger partial charge in [-0.1, -0.05) is 18.2 Å². The fraction of sp³-hybridized carbons (Fsp3) is 0.429. The average molecular weight is 318 g/mol. The lowest BCUT2D eigenvalue weighted by Crippen LogP contribution is -2.21. The van der Waals surface area contributed by atoms with Crippen LogP contribution in [0.1, 0.15) is 28.3 Å². The third kappa shape index (κ3) is 5.03. The molecule has 8 heteroatoms. The Kier molecular flexibility index (Phi) is 5.92. The number of amides is 1. The Hall–Kier alpha value is -2.09. The number of carboxylic acid groups (broad SMARTS) is 1. The SMILES string of the molecule is CN1CCC(c2ccccc2C(N)=O)C1.O=C(O)C(F)(F)F. The van der Waals surface area contributed by atoms with Gasteiger partial charge in [-0.05, 0) is 37.6 Å². The van der Waals surface area contributed by atoms with Gasteiger partial charge in [0.05, 0.1) is 0 Å². The van der Waals surface area contributed by atoms with Crippen LogP contribution in [0.3, 0.4) is 0 Å². The zero-order valence-electron chi connectivity index (χ0n) is 11.9. The fourth-order valence-electron chi connectivity index (χ4n) is 2.27. The Morgan fingerprint density at radius 1 is 1.32 bits per heavy atom. The standard InChI is InChI=1S/C12H16N2O.C2HF3O2/c1-14-7-6-9(8-14)10-4-2-3-5-11(10)12(13)15;3-2(4,5)1(6)7/h2-5,9H,6-8H2,1H3,(H2,13,15);(H,6,7). The van der Waals surface area contributed by atoms with Crippen molar-refractivity contribution in [2.75, 3.05) is 20.1 Å². The predicted molar refractivity (Wildman–Crippen MR) is 73.5 cm³/mol. The summed E-state index contributed by atoms with van der Waals surface area (Å²) in [6, 6.07) is 7.67. The van der Waals surface area contributed by atoms with E-state index in [1.165, 1.54) is 0 Å². The number of aliphatic carboxylic acids is 1. The van der Waals surface area contributed by atoms with Gasteiger partial charge in [-0.15, -0.1) is 0 Å². The second-order valence-electron chi connectivity index (χ2n) is 5.00. The van der Waals surface area contributed by atoms with Gasteiger partial charge in [-0.25, -0.2) is 4.79 Å². The van der Waals surface area contributed by atoms with Crippen molar-refractivity contribution in [1.82, 2.24) is 4.90 Å². The first-order valence-electron chi connectivity index (χ1n) is 6.50. The number of alkyl halides is 3. The summed E-state index contributed by atoms with van der Waals surface area (Å²) < 4.78 is 31.7. The van der Waals surface area contributed by atoms with Gasteiger partial charge in [0.25, 0.3) is 0 Å². The van der Waals surface area contributed by atoms with Crippen molar-refractivity contribution < 1.29 is 27.9 Å². The number of likely N-dealkylation sites (N-methyl/N-ethyl adjacent to an activating group) is 1. The lowest BCUT2D eigenvalue weighted by Gasteiger charge is -2.13. The summed E-state index contributed by atoms with van der Waals surface area (Å²) in [7, 11) is 2.10. The molecule has 1 aromatic carbocycles. The maximum atomic E-state index is 11.3. The number of benzene rings is 1. The minimum Gasteiger partial charge on any atom is -0.475 e. The number of carboxylic acids is 1. The normalized spacial score (nSPS) is 18.5. The van der Waals surface area contributed by atoms with Crippen LogP contribution >= 0.6 is 0 Å². The predicted octanol–water partition coefficient (Wildman–Crippen LogP) is 1.84. The van der Waals surface area contributed by atoms with Crippen LogP contribution < -0.4 is 5.73 Å². The summed E-state index contributed by atoms with van der Waals surface area (Å²) in [4.78, 5) is 22.4. The number of primary amides is 1. The van der Waals surface area contributed by atoms with Gasteiger partial charge < -0.3 is 15.7 Å². The smallest absolute Gasteiger partial charge is 0.475 e. The van der Waals surface area contributed by atoms with Crippen LogP contribution in [-0.4, -0.2) is 48.2 Å². The summed E-state index contributed by atoms with van der Waals surface area (Å²) in [6.45, 7) is 2.11. The summed E-state index contributed by atoms with van der Waals surface area (Å²) in [5.74, 6) is -2.62. The first-order valence-corrected chi connectivity index (χ1v) is 6.50. The first-order chi connectivity index (χ1) is 10.1. The maximum absolute atomic E-state index is 11.3. The Labute approximate surface area is 125 Å². The molecule has 1 atom stereocenters. The number of halogens is 3. The van der Waals surface area contributed by atoms with Crippen molar-refractivity contribution in [3.05, 3.63) is 35.4 Å². The number of rotatable bonds is 2. The van der Waals surface area contributed by atoms with E-state index < -0.39 is 12.1 Å². The summed E-state index contributed by atoms with van der Waals surface area (Å²) in [5.41, 5.74) is 7.15. The van der Waals surface area contributed by atoms with Gasteiger partial charge >= 0.3 is 12.1 Å². The van der Waals surface area contributed by atoms with E-state index in [2.05, 4.69) is 11.9 Å². The molecular weight excluding hydrogens is 301 g/mol. The minimum absolute atomic E-state index is 0.319. The van der Waals surface area contributed by atoms with Gasteiger partial charge in [0.1, 0.15) is 0 Å². The van der Waals surface area contributed by atoms with Gasteiger partial charge in [-0.2, -0.15) is 13.2 Å². The highest BCUT2D eigenvalue weighted by Gasteiger charge is 2.38. The molecule has 0 spiro atoms. The molecule has 1 saturated heterocycles. The van der Waals surface area contributed by atoms with Crippen molar-refractivity contribution in [1.29, 1.82) is 0 Å². The highest BCUT2D eigenvalue weighted by atomic mass is 19.4. The van der Waals surface area contributed by atoms with E-state index in [1.807, 2.05) is 24.3 Å². The molecule has 2 rings (SSSR count). The lowest BCUT2D eigenvalue weighted by atomic mass is 9.93. The average Bonchev–Trinajstić information content (AvgIpc) is 2.85. The third-order valence-electron chi connectivity index (χ3n) is 3.30. The van der Waals surface area contributed by atoms with Crippen LogP contribution in [0.15, 0.2) is 24.3 Å². The zero-order valence-corrected chi connectivity index (χ0v) is 11.9. The van der Waals surface area contributed by atoms with E-state index in [0.717, 1.165) is 25.1 Å². The van der Waals surface area contributed by atoms with Crippen molar-refractivity contribution in [3.63, 3.8) is 0 Å². The minimum atomic E-state index is -5.08. The highest BCUT2D eigenvalue weighted by Crippen LogP contribution is 2.28. The molecule has 1 heterocycles. The molecule has 22 heavy (non-hydrogen) atoms. The van der Waals surface area contributed by atoms with Gasteiger partial charge in [0.2, 0.25) is 5.91 Å². The molecule has 0 aromatic heterocycles. The first kappa shape index (κ1) is 18.0. The molecule has 0 radical (unpaired) electrons. The van der Waals surface area contributed by atoms with Gasteiger partial charge in [0, 0.05) is 12.1 Å². The van der Waals surface area contributed by atoms with Crippen molar-refractivity contribution in [2.45, 2.75) is 18.5 Å². The molecule has 0 bridgehead atoms. The van der Waals surface area contributed by atoms with Crippen molar-refractivity contribution >= 4 is 11.9 Å². The Balaban J connectivity index is 0.000000295. The molecular formula is C14H17F3N2O3. The summed E-state index contributed by atoms with van der Waals surface area (Å²) >= 11 is 0. The Morgan fingerprint density at radius 3 is 2.27 bits per heavy atom. The summed E-state index contributed by atoms with van der Waals surface area (Å²) in [6.07, 6.45) is -3.97. The van der Waals surface area contributed by atoms with Crippen LogP contribution in [0, 0.1) is 0 Å². The summed E-state index contributed by atoms with van der Waals surface area (Å²) in [5, 5.41) is 7.12. The van der Waals surface area contributed by atoms with Crippen LogP contribution in [0.25, 0.3) is 0 Å². The third-order valence-corrected chi connectivity index (χ3v) is 3.30. The number of carbonyl (C=O) groups excluding carboxylic acids is 1. The Morgan fingerprint density at radius 2 is 1.86 bits per heavy atom. The monoisotopic (exact) mass is 318 g/mol. The number of hydrogen-bond acceptors (Lipinski definition) is 3. The van der Waals surface area contributed by atoms with Gasteiger partial charge in [0.15, 0.2) is 0 Å². The topological polar surface area (TPSA) is 83.6 Å². The molecule has 1 aromatic rings. The molecule has 3 N–H and O–H groups in total. The number of nitrogens with zero attached hydrogens (tertiary/aromatic N) is 1. The molecule has 0 saturated carbocycles. The molecule has 1 amide bonds. The fourth-order valence-corrected chi connectivity index (χ4v) is 2.27. The quantitative estimate of drug-likeness (QED) is 0.871. The zero-order chi connectivity index (χ0) is 16.9. The Bertz CT molecular complexity index is 546. The van der Waals surface area contributed by atoms with Crippen molar-refractivity contribution in [3.8, 4) is 0 Å². The number of nitrogens with two attached hydrogens (primary N) is 1. The van der Waals surface area contributed by atoms with Crippen LogP contribution in [0.4, 0.5) is 13.2 Å². The molecule has 1 fully saturated rings. The molecule has 1 aliphatic rings. The van der Waals surface area contributed by atoms with E-state index in [9.17, 15) is 18.0 Å². The maximum Gasteiger partial charge on any atom is 0.490 e. The lowest BCUT2D eigenvalue weighted by molar-refractivity contribution is -0.192. The van der Waals surface area contributed by atoms with E-state index >= 15 is 0 Å². The number of likely N-dealkylation sites (tertiary alicyclic amines) is 1. The number of hydrogen-bond donors (Lipinski definition) is 2. The second-order valence-corrected chi connectivity index (χ2v) is 5.00. The molecule has 122 valence electrons. The van der Waals surface area contributed by atoms with E-state index in [-0.39, 0.29) is 5.91 Å². The van der Waals surface area contributed by atoms with Crippen LogP contribution in [0.2, 0.25) is 0 Å². The van der Waals surface area contributed by atoms with Crippen molar-refractivity contribution in [2.24, 2.45) is 5.73 Å². The molecule has 5 nitrogen and oxygen atoms in total. The molecule has 1 unspecified atom stereocenters. The number of carbonyl (C=O) groups is 2. The molecule has 1 aliphatic heterocycles. The van der Waals surface area contributed by atoms with E-state index in [1.54, 1.807) is 0 Å². The van der Waals surface area contributed by atoms with Crippen LogP contribution in [0.5, 0.6) is 0 Å². The molecule has 0 aliphatic carbocycles. The van der Waals surface area contributed by atoms with Crippen LogP contribution in [-0.2, 0) is 4.79 Å². The van der Waals surface area contributed by atoms with E-state index in [0.29, 0.717) is 11.5 Å². The van der Waals surface area contributed by atoms with E-state index in [4.69, 9.17) is 15.6 Å². The second kappa shape index (κ2) is 7.26. The van der Waals surface area contributed by atoms with Gasteiger partial charge in [-0.3, -0.25) is 4.79 Å². The highest BCUT2D eigenvalue weighted by molar-refractivity contribution is 5.94.